The second kappa shape index (κ2) is 9.10. The highest BCUT2D eigenvalue weighted by Gasteiger charge is 2.27. The van der Waals surface area contributed by atoms with Gasteiger partial charge in [0.05, 0.1) is 0 Å². The van der Waals surface area contributed by atoms with Crippen LogP contribution >= 0.6 is 0 Å². The maximum Gasteiger partial charge on any atom is 0.408 e. The number of ether oxygens (including phenoxy) is 2. The molecule has 172 valence electrons. The van der Waals surface area contributed by atoms with Gasteiger partial charge < -0.3 is 19.2 Å². The first-order chi connectivity index (χ1) is 15.7. The number of aryl methyl sites for hydroxylation is 1. The number of hydrogen-bond acceptors (Lipinski definition) is 6. The van der Waals surface area contributed by atoms with Crippen LogP contribution in [0.15, 0.2) is 57.7 Å². The Kier molecular flexibility index (Phi) is 6.22. The van der Waals surface area contributed by atoms with Gasteiger partial charge in [-0.1, -0.05) is 30.3 Å². The van der Waals surface area contributed by atoms with Crippen molar-refractivity contribution in [2.24, 2.45) is 0 Å². The average molecular weight is 450 g/mol. The molecule has 1 aliphatic rings. The number of fused-ring (bicyclic) bond motifs is 3. The fourth-order valence-electron chi connectivity index (χ4n) is 4.01. The lowest BCUT2D eigenvalue weighted by Gasteiger charge is -2.23. The summed E-state index contributed by atoms with van der Waals surface area (Å²) in [6.45, 7) is 5.24. The number of carbonyl (C=O) groups is 2. The molecule has 0 bridgehead atoms. The van der Waals surface area contributed by atoms with Crippen LogP contribution in [0.2, 0.25) is 0 Å². The first kappa shape index (κ1) is 22.6. The Bertz CT molecular complexity index is 1240. The van der Waals surface area contributed by atoms with Crippen molar-refractivity contribution in [2.75, 3.05) is 0 Å². The van der Waals surface area contributed by atoms with Crippen molar-refractivity contribution in [1.29, 1.82) is 0 Å². The number of carbonyl (C=O) groups excluding carboxylic acids is 2. The zero-order valence-electron chi connectivity index (χ0n) is 19.0. The lowest BCUT2D eigenvalue weighted by atomic mass is 10.1. The van der Waals surface area contributed by atoms with Crippen molar-refractivity contribution in [1.82, 2.24) is 5.32 Å². The summed E-state index contributed by atoms with van der Waals surface area (Å²) in [5.74, 6) is -0.412. The molecule has 1 unspecified atom stereocenters. The first-order valence-corrected chi connectivity index (χ1v) is 11.0. The SMILES string of the molecule is CC(C)(C)OC(=O)NC(Cc1ccccc1)C(=O)Oc1ccc2c3c(c(=O)oc2c1)CCC3. The van der Waals surface area contributed by atoms with Crippen LogP contribution in [0.25, 0.3) is 11.0 Å². The molecule has 7 nitrogen and oxygen atoms in total. The summed E-state index contributed by atoms with van der Waals surface area (Å²) in [5.41, 5.74) is 1.93. The molecule has 3 aromatic rings. The van der Waals surface area contributed by atoms with E-state index < -0.39 is 23.7 Å². The summed E-state index contributed by atoms with van der Waals surface area (Å²) < 4.78 is 16.4. The van der Waals surface area contributed by atoms with E-state index in [1.165, 1.54) is 0 Å². The van der Waals surface area contributed by atoms with Gasteiger partial charge in [0.25, 0.3) is 0 Å². The monoisotopic (exact) mass is 449 g/mol. The molecular weight excluding hydrogens is 422 g/mol. The van der Waals surface area contributed by atoms with Crippen molar-refractivity contribution in [3.63, 3.8) is 0 Å². The molecule has 0 saturated carbocycles. The van der Waals surface area contributed by atoms with E-state index in [9.17, 15) is 14.4 Å². The third kappa shape index (κ3) is 5.42. The van der Waals surface area contributed by atoms with E-state index in [4.69, 9.17) is 13.9 Å². The number of rotatable bonds is 5. The molecule has 0 aliphatic heterocycles. The third-order valence-corrected chi connectivity index (χ3v) is 5.42. The first-order valence-electron chi connectivity index (χ1n) is 11.0. The Morgan fingerprint density at radius 1 is 1.06 bits per heavy atom. The minimum absolute atomic E-state index is 0.231. The summed E-state index contributed by atoms with van der Waals surface area (Å²) in [4.78, 5) is 37.6. The zero-order chi connectivity index (χ0) is 23.6. The summed E-state index contributed by atoms with van der Waals surface area (Å²) >= 11 is 0. The maximum absolute atomic E-state index is 13.0. The minimum Gasteiger partial charge on any atom is -0.444 e. The molecule has 0 fully saturated rings. The number of hydrogen-bond donors (Lipinski definition) is 1. The van der Waals surface area contributed by atoms with Gasteiger partial charge in [0.1, 0.15) is 23.0 Å². The van der Waals surface area contributed by atoms with Crippen LogP contribution in [-0.4, -0.2) is 23.7 Å². The Hall–Kier alpha value is -3.61. The van der Waals surface area contributed by atoms with Gasteiger partial charge in [-0.3, -0.25) is 0 Å². The molecule has 1 amide bonds. The molecule has 1 aliphatic carbocycles. The molecule has 7 heteroatoms. The average Bonchev–Trinajstić information content (AvgIpc) is 3.23. The molecule has 0 saturated heterocycles. The van der Waals surface area contributed by atoms with Gasteiger partial charge >= 0.3 is 17.7 Å². The van der Waals surface area contributed by atoms with Crippen LogP contribution in [-0.2, 0) is 28.8 Å². The van der Waals surface area contributed by atoms with Gasteiger partial charge in [-0.25, -0.2) is 14.4 Å². The van der Waals surface area contributed by atoms with E-state index in [0.29, 0.717) is 5.58 Å². The maximum atomic E-state index is 13.0. The quantitative estimate of drug-likeness (QED) is 0.354. The van der Waals surface area contributed by atoms with E-state index in [0.717, 1.165) is 41.3 Å². The van der Waals surface area contributed by atoms with Gasteiger partial charge in [-0.15, -0.1) is 0 Å². The number of benzene rings is 2. The van der Waals surface area contributed by atoms with Gasteiger partial charge in [-0.2, -0.15) is 0 Å². The lowest BCUT2D eigenvalue weighted by Crippen LogP contribution is -2.46. The standard InChI is InChI=1S/C26H27NO6/c1-26(2,3)33-25(30)27-21(14-16-8-5-4-6-9-16)24(29)31-17-12-13-19-18-10-7-11-20(18)23(28)32-22(19)15-17/h4-6,8-9,12-13,15,21H,7,10-11,14H2,1-3H3,(H,27,30). The van der Waals surface area contributed by atoms with Crippen molar-refractivity contribution in [2.45, 2.75) is 58.1 Å². The van der Waals surface area contributed by atoms with Gasteiger partial charge in [0, 0.05) is 23.4 Å². The second-order valence-electron chi connectivity index (χ2n) is 9.17. The van der Waals surface area contributed by atoms with E-state index in [2.05, 4.69) is 5.32 Å². The summed E-state index contributed by atoms with van der Waals surface area (Å²) in [7, 11) is 0. The van der Waals surface area contributed by atoms with Crippen LogP contribution in [0.4, 0.5) is 4.79 Å². The van der Waals surface area contributed by atoms with Crippen LogP contribution < -0.4 is 15.7 Å². The number of nitrogens with one attached hydrogen (secondary N) is 1. The fourth-order valence-corrected chi connectivity index (χ4v) is 4.01. The fraction of sp³-hybridized carbons (Fsp3) is 0.346. The van der Waals surface area contributed by atoms with Crippen LogP contribution in [0, 0.1) is 0 Å². The smallest absolute Gasteiger partial charge is 0.408 e. The van der Waals surface area contributed by atoms with E-state index >= 15 is 0 Å². The Balaban J connectivity index is 1.56. The number of esters is 1. The molecule has 1 heterocycles. The second-order valence-corrected chi connectivity index (χ2v) is 9.17. The van der Waals surface area contributed by atoms with E-state index in [-0.39, 0.29) is 17.8 Å². The Morgan fingerprint density at radius 2 is 1.79 bits per heavy atom. The summed E-state index contributed by atoms with van der Waals surface area (Å²) in [6.07, 6.45) is 2.00. The number of alkyl carbamates (subject to hydrolysis) is 1. The predicted octanol–water partition coefficient (Wildman–Crippen LogP) is 4.32. The molecule has 2 aromatic carbocycles. The number of amides is 1. The molecule has 1 N–H and O–H groups in total. The largest absolute Gasteiger partial charge is 0.444 e. The van der Waals surface area contributed by atoms with Gasteiger partial charge in [-0.05, 0) is 63.3 Å². The highest BCUT2D eigenvalue weighted by molar-refractivity contribution is 5.86. The van der Waals surface area contributed by atoms with Crippen molar-refractivity contribution < 1.29 is 23.5 Å². The molecule has 1 aromatic heterocycles. The zero-order valence-corrected chi connectivity index (χ0v) is 19.0. The van der Waals surface area contributed by atoms with Gasteiger partial charge in [0.2, 0.25) is 0 Å². The summed E-state index contributed by atoms with van der Waals surface area (Å²) in [6, 6.07) is 13.4. The molecular formula is C26H27NO6. The summed E-state index contributed by atoms with van der Waals surface area (Å²) in [5, 5.41) is 3.47. The molecule has 33 heavy (non-hydrogen) atoms. The molecule has 4 rings (SSSR count). The highest BCUT2D eigenvalue weighted by atomic mass is 16.6. The van der Waals surface area contributed by atoms with Crippen molar-refractivity contribution >= 4 is 23.0 Å². The van der Waals surface area contributed by atoms with Gasteiger partial charge in [0.15, 0.2) is 0 Å². The predicted molar refractivity (Wildman–Crippen MR) is 123 cm³/mol. The molecule has 1 atom stereocenters. The Labute approximate surface area is 191 Å². The normalized spacial score (nSPS) is 13.9. The highest BCUT2D eigenvalue weighted by Crippen LogP contribution is 2.29. The van der Waals surface area contributed by atoms with E-state index in [1.807, 2.05) is 30.3 Å². The molecule has 0 spiro atoms. The topological polar surface area (TPSA) is 94.8 Å². The molecule has 0 radical (unpaired) electrons. The van der Waals surface area contributed by atoms with Crippen molar-refractivity contribution in [3.05, 3.63) is 75.6 Å². The van der Waals surface area contributed by atoms with E-state index in [1.54, 1.807) is 39.0 Å². The minimum atomic E-state index is -0.968. The van der Waals surface area contributed by atoms with Crippen molar-refractivity contribution in [3.8, 4) is 5.75 Å². The third-order valence-electron chi connectivity index (χ3n) is 5.42. The lowest BCUT2D eigenvalue weighted by molar-refractivity contribution is -0.136. The van der Waals surface area contributed by atoms with Crippen LogP contribution in [0.3, 0.4) is 0 Å². The Morgan fingerprint density at radius 3 is 2.52 bits per heavy atom. The van der Waals surface area contributed by atoms with Crippen LogP contribution in [0.5, 0.6) is 5.75 Å². The van der Waals surface area contributed by atoms with Crippen LogP contribution in [0.1, 0.15) is 43.9 Å².